The van der Waals surface area contributed by atoms with E-state index < -0.39 is 7.37 Å². The molecule has 0 aromatic heterocycles. The normalized spacial score (nSPS) is 14.3. The van der Waals surface area contributed by atoms with Crippen molar-refractivity contribution in [2.45, 2.75) is 92.9 Å². The van der Waals surface area contributed by atoms with Gasteiger partial charge in [0.1, 0.15) is 0 Å². The molecule has 0 spiro atoms. The zero-order valence-electron chi connectivity index (χ0n) is 21.3. The van der Waals surface area contributed by atoms with Crippen molar-refractivity contribution in [1.82, 2.24) is 4.90 Å². The van der Waals surface area contributed by atoms with Gasteiger partial charge in [0.05, 0.1) is 19.4 Å². The lowest BCUT2D eigenvalue weighted by atomic mass is 10.1. The molecule has 0 aliphatic rings. The minimum absolute atomic E-state index is 0.180. The average molecular weight is 460 g/mol. The molecule has 31 heavy (non-hydrogen) atoms. The molecule has 0 saturated carbocycles. The monoisotopic (exact) mass is 459 g/mol. The molecule has 0 N–H and O–H groups in total. The Balaban J connectivity index is 4.76. The molecule has 1 atom stereocenters. The van der Waals surface area contributed by atoms with E-state index in [1.807, 2.05) is 26.8 Å². The molecule has 0 aliphatic heterocycles. The van der Waals surface area contributed by atoms with Crippen LogP contribution in [0.4, 0.5) is 0 Å². The highest BCUT2D eigenvalue weighted by molar-refractivity contribution is 7.59. The summed E-state index contributed by atoms with van der Waals surface area (Å²) in [5, 5.41) is 0. The molecule has 0 aromatic carbocycles. The number of carbonyl (C=O) groups excluding carboxylic acids is 1. The highest BCUT2D eigenvalue weighted by atomic mass is 31.2. The summed E-state index contributed by atoms with van der Waals surface area (Å²) >= 11 is 0. The lowest BCUT2D eigenvalue weighted by molar-refractivity contribution is -0.138. The lowest BCUT2D eigenvalue weighted by Gasteiger charge is -2.22. The van der Waals surface area contributed by atoms with Gasteiger partial charge in [0.25, 0.3) is 0 Å². The van der Waals surface area contributed by atoms with E-state index in [0.717, 1.165) is 25.8 Å². The van der Waals surface area contributed by atoms with Crippen LogP contribution in [0.5, 0.6) is 0 Å². The van der Waals surface area contributed by atoms with Crippen LogP contribution in [0.15, 0.2) is 11.6 Å². The van der Waals surface area contributed by atoms with Crippen LogP contribution in [-0.4, -0.2) is 56.0 Å². The van der Waals surface area contributed by atoms with E-state index in [1.165, 1.54) is 45.2 Å². The van der Waals surface area contributed by atoms with Crippen molar-refractivity contribution >= 4 is 13.3 Å². The first-order valence-corrected chi connectivity index (χ1v) is 14.6. The van der Waals surface area contributed by atoms with Gasteiger partial charge >= 0.3 is 5.97 Å². The van der Waals surface area contributed by atoms with Crippen LogP contribution in [0.1, 0.15) is 92.9 Å². The van der Waals surface area contributed by atoms with Crippen molar-refractivity contribution in [2.75, 3.05) is 45.2 Å². The van der Waals surface area contributed by atoms with Crippen LogP contribution < -0.4 is 0 Å². The first kappa shape index (κ1) is 30.4. The Morgan fingerprint density at radius 1 is 0.903 bits per heavy atom. The fourth-order valence-electron chi connectivity index (χ4n) is 3.68. The summed E-state index contributed by atoms with van der Waals surface area (Å²) < 4.78 is 24.1. The molecular formula is C25H50NO4P. The van der Waals surface area contributed by atoms with E-state index >= 15 is 0 Å². The quantitative estimate of drug-likeness (QED) is 0.0857. The summed E-state index contributed by atoms with van der Waals surface area (Å²) in [6, 6.07) is 0. The summed E-state index contributed by atoms with van der Waals surface area (Å²) in [4.78, 5) is 15.0. The number of hydrogen-bond acceptors (Lipinski definition) is 5. The number of unbranched alkanes of at least 4 members (excludes halogenated alkanes) is 5. The van der Waals surface area contributed by atoms with Crippen molar-refractivity contribution < 1.29 is 18.6 Å². The Labute approximate surface area is 192 Å². The minimum atomic E-state index is -2.88. The third-order valence-electron chi connectivity index (χ3n) is 5.18. The van der Waals surface area contributed by atoms with E-state index in [0.29, 0.717) is 24.9 Å². The van der Waals surface area contributed by atoms with Gasteiger partial charge in [-0.15, -0.1) is 0 Å². The Bertz CT molecular complexity index is 526. The average Bonchev–Trinajstić information content (AvgIpc) is 2.70. The van der Waals surface area contributed by atoms with Crippen LogP contribution in [-0.2, 0) is 18.6 Å². The van der Waals surface area contributed by atoms with Crippen molar-refractivity contribution in [1.29, 1.82) is 0 Å². The van der Waals surface area contributed by atoms with Crippen molar-refractivity contribution in [2.24, 2.45) is 5.92 Å². The van der Waals surface area contributed by atoms with E-state index in [2.05, 4.69) is 18.7 Å². The second kappa shape index (κ2) is 18.9. The molecule has 0 amide bonds. The Morgan fingerprint density at radius 3 is 2.03 bits per heavy atom. The zero-order chi connectivity index (χ0) is 23.5. The SMILES string of the molecule is CCCCN(CCCC)CCCCC/C=C(\CP(=O)(CC(C)C)OCC)C(=O)OCC. The van der Waals surface area contributed by atoms with Gasteiger partial charge in [-0.3, -0.25) is 4.57 Å². The van der Waals surface area contributed by atoms with Gasteiger partial charge in [-0.2, -0.15) is 0 Å². The summed E-state index contributed by atoms with van der Waals surface area (Å²) in [6.07, 6.45) is 11.8. The van der Waals surface area contributed by atoms with E-state index in [1.54, 1.807) is 6.92 Å². The highest BCUT2D eigenvalue weighted by Crippen LogP contribution is 2.50. The maximum atomic E-state index is 13.2. The number of rotatable bonds is 20. The van der Waals surface area contributed by atoms with Gasteiger partial charge in [-0.1, -0.05) is 53.0 Å². The molecule has 184 valence electrons. The van der Waals surface area contributed by atoms with Gasteiger partial charge in [0.2, 0.25) is 7.37 Å². The standard InChI is InChI=1S/C25H50NO4P/c1-7-11-18-26(19-12-8-2)20-16-14-13-15-17-24(25(27)29-9-3)22-31(28,30-10-4)21-23(5)6/h17,23H,7-16,18-22H2,1-6H3/b24-17+. The fourth-order valence-corrected chi connectivity index (χ4v) is 6.37. The Kier molecular flexibility index (Phi) is 18.5. The van der Waals surface area contributed by atoms with Crippen molar-refractivity contribution in [3.63, 3.8) is 0 Å². The number of allylic oxidation sites excluding steroid dienone is 1. The van der Waals surface area contributed by atoms with Crippen LogP contribution in [0.25, 0.3) is 0 Å². The van der Waals surface area contributed by atoms with Gasteiger partial charge in [0.15, 0.2) is 0 Å². The molecule has 0 aliphatic carbocycles. The summed E-state index contributed by atoms with van der Waals surface area (Å²) in [6.45, 7) is 16.5. The molecule has 0 rings (SSSR count). The molecule has 0 fully saturated rings. The summed E-state index contributed by atoms with van der Waals surface area (Å²) in [5.74, 6) is -0.0966. The number of ether oxygens (including phenoxy) is 1. The van der Waals surface area contributed by atoms with Crippen molar-refractivity contribution in [3.05, 3.63) is 11.6 Å². The number of esters is 1. The second-order valence-corrected chi connectivity index (χ2v) is 11.4. The largest absolute Gasteiger partial charge is 0.463 e. The van der Waals surface area contributed by atoms with Gasteiger partial charge in [-0.25, -0.2) is 4.79 Å². The smallest absolute Gasteiger partial charge is 0.334 e. The summed E-state index contributed by atoms with van der Waals surface area (Å²) in [7, 11) is -2.88. The fraction of sp³-hybridized carbons (Fsp3) is 0.880. The van der Waals surface area contributed by atoms with Gasteiger partial charge in [0, 0.05) is 11.7 Å². The van der Waals surface area contributed by atoms with Crippen LogP contribution in [0, 0.1) is 5.92 Å². The highest BCUT2D eigenvalue weighted by Gasteiger charge is 2.28. The van der Waals surface area contributed by atoms with Crippen LogP contribution in [0.3, 0.4) is 0 Å². The topological polar surface area (TPSA) is 55.8 Å². The molecule has 6 heteroatoms. The number of nitrogens with zero attached hydrogens (tertiary/aromatic N) is 1. The predicted octanol–water partition coefficient (Wildman–Crippen LogP) is 6.91. The third kappa shape index (κ3) is 15.7. The van der Waals surface area contributed by atoms with Crippen molar-refractivity contribution in [3.8, 4) is 0 Å². The molecule has 5 nitrogen and oxygen atoms in total. The van der Waals surface area contributed by atoms with Gasteiger partial charge in [-0.05, 0) is 71.5 Å². The van der Waals surface area contributed by atoms with E-state index in [-0.39, 0.29) is 18.0 Å². The minimum Gasteiger partial charge on any atom is -0.463 e. The lowest BCUT2D eigenvalue weighted by Crippen LogP contribution is -2.27. The maximum Gasteiger partial charge on any atom is 0.334 e. The molecule has 0 radical (unpaired) electrons. The maximum absolute atomic E-state index is 13.2. The first-order chi connectivity index (χ1) is 14.8. The molecule has 0 heterocycles. The predicted molar refractivity (Wildman–Crippen MR) is 133 cm³/mol. The van der Waals surface area contributed by atoms with E-state index in [9.17, 15) is 9.36 Å². The van der Waals surface area contributed by atoms with Crippen LogP contribution in [0.2, 0.25) is 0 Å². The molecule has 1 unspecified atom stereocenters. The zero-order valence-corrected chi connectivity index (χ0v) is 22.2. The first-order valence-electron chi connectivity index (χ1n) is 12.6. The Morgan fingerprint density at radius 2 is 1.52 bits per heavy atom. The third-order valence-corrected chi connectivity index (χ3v) is 8.02. The molecule has 0 saturated heterocycles. The van der Waals surface area contributed by atoms with E-state index in [4.69, 9.17) is 9.26 Å². The number of hydrogen-bond donors (Lipinski definition) is 0. The summed E-state index contributed by atoms with van der Waals surface area (Å²) in [5.41, 5.74) is 0.520. The van der Waals surface area contributed by atoms with Gasteiger partial charge < -0.3 is 14.2 Å². The second-order valence-electron chi connectivity index (χ2n) is 8.81. The number of carbonyl (C=O) groups is 1. The Hall–Kier alpha value is -0.640. The molecule has 0 aromatic rings. The molecular weight excluding hydrogens is 409 g/mol. The van der Waals surface area contributed by atoms with Crippen LogP contribution >= 0.6 is 7.37 Å². The molecule has 0 bridgehead atoms.